The number of hydrogen-bond donors (Lipinski definition) is 1. The number of ether oxygens (including phenoxy) is 1. The molecule has 0 radical (unpaired) electrons. The second kappa shape index (κ2) is 4.83. The van der Waals surface area contributed by atoms with E-state index in [1.807, 2.05) is 54.6 Å². The van der Waals surface area contributed by atoms with Crippen LogP contribution in [0.2, 0.25) is 0 Å². The van der Waals surface area contributed by atoms with Gasteiger partial charge in [0, 0.05) is 0 Å². The topological polar surface area (TPSA) is 29.5 Å². The molecule has 1 unspecified atom stereocenters. The molecule has 18 heavy (non-hydrogen) atoms. The maximum atomic E-state index is 10.1. The number of para-hydroxylation sites is 1. The molecular weight excluding hydrogens is 224 g/mol. The molecule has 2 aromatic rings. The van der Waals surface area contributed by atoms with Crippen molar-refractivity contribution in [2.45, 2.75) is 18.9 Å². The fourth-order valence-corrected chi connectivity index (χ4v) is 2.07. The minimum absolute atomic E-state index is 0.343. The summed E-state index contributed by atoms with van der Waals surface area (Å²) in [6, 6.07) is 17.4. The van der Waals surface area contributed by atoms with Gasteiger partial charge in [0.25, 0.3) is 0 Å². The van der Waals surface area contributed by atoms with E-state index in [0.29, 0.717) is 5.92 Å². The van der Waals surface area contributed by atoms with Gasteiger partial charge < -0.3 is 9.84 Å². The second-order valence-electron chi connectivity index (χ2n) is 4.77. The van der Waals surface area contributed by atoms with E-state index in [1.165, 1.54) is 0 Å². The van der Waals surface area contributed by atoms with Crippen molar-refractivity contribution in [3.05, 3.63) is 60.2 Å². The summed E-state index contributed by atoms with van der Waals surface area (Å²) in [6.07, 6.45) is 1.92. The van der Waals surface area contributed by atoms with Gasteiger partial charge in [-0.05, 0) is 48.6 Å². The average molecular weight is 240 g/mol. The van der Waals surface area contributed by atoms with Gasteiger partial charge >= 0.3 is 0 Å². The van der Waals surface area contributed by atoms with E-state index in [2.05, 4.69) is 0 Å². The van der Waals surface area contributed by atoms with E-state index < -0.39 is 0 Å². The first-order valence-corrected chi connectivity index (χ1v) is 6.34. The molecule has 1 saturated carbocycles. The van der Waals surface area contributed by atoms with Gasteiger partial charge in [-0.2, -0.15) is 0 Å². The average Bonchev–Trinajstić information content (AvgIpc) is 3.24. The Bertz CT molecular complexity index is 518. The SMILES string of the molecule is OC(c1cccc(Oc2ccccc2)c1)C1CC1. The molecule has 0 spiro atoms. The van der Waals surface area contributed by atoms with Crippen molar-refractivity contribution in [1.82, 2.24) is 0 Å². The maximum absolute atomic E-state index is 10.1. The van der Waals surface area contributed by atoms with Crippen LogP contribution in [-0.2, 0) is 0 Å². The van der Waals surface area contributed by atoms with Crippen molar-refractivity contribution in [2.24, 2.45) is 5.92 Å². The molecule has 2 nitrogen and oxygen atoms in total. The van der Waals surface area contributed by atoms with Gasteiger partial charge in [0.1, 0.15) is 11.5 Å². The lowest BCUT2D eigenvalue weighted by atomic mass is 10.1. The summed E-state index contributed by atoms with van der Waals surface area (Å²) in [7, 11) is 0. The van der Waals surface area contributed by atoms with Gasteiger partial charge in [-0.3, -0.25) is 0 Å². The smallest absolute Gasteiger partial charge is 0.127 e. The van der Waals surface area contributed by atoms with Crippen LogP contribution in [0.4, 0.5) is 0 Å². The molecule has 0 aliphatic heterocycles. The monoisotopic (exact) mass is 240 g/mol. The normalized spacial score (nSPS) is 16.3. The Morgan fingerprint density at radius 2 is 1.67 bits per heavy atom. The van der Waals surface area contributed by atoms with Gasteiger partial charge in [0.05, 0.1) is 6.10 Å². The molecule has 1 N–H and O–H groups in total. The van der Waals surface area contributed by atoms with Gasteiger partial charge in [0.15, 0.2) is 0 Å². The Kier molecular flexibility index (Phi) is 3.03. The molecule has 2 aromatic carbocycles. The van der Waals surface area contributed by atoms with E-state index in [-0.39, 0.29) is 6.10 Å². The molecule has 0 bridgehead atoms. The second-order valence-corrected chi connectivity index (χ2v) is 4.77. The number of aliphatic hydroxyl groups excluding tert-OH is 1. The number of benzene rings is 2. The van der Waals surface area contributed by atoms with Gasteiger partial charge in [0.2, 0.25) is 0 Å². The first-order chi connectivity index (χ1) is 8.83. The van der Waals surface area contributed by atoms with Crippen LogP contribution in [0.1, 0.15) is 24.5 Å². The van der Waals surface area contributed by atoms with Crippen molar-refractivity contribution < 1.29 is 9.84 Å². The third kappa shape index (κ3) is 2.54. The Morgan fingerprint density at radius 3 is 2.39 bits per heavy atom. The summed E-state index contributed by atoms with van der Waals surface area (Å²) in [5.41, 5.74) is 0.950. The number of hydrogen-bond acceptors (Lipinski definition) is 2. The molecule has 92 valence electrons. The van der Waals surface area contributed by atoms with E-state index in [0.717, 1.165) is 29.9 Å². The lowest BCUT2D eigenvalue weighted by molar-refractivity contribution is 0.153. The Morgan fingerprint density at radius 1 is 0.944 bits per heavy atom. The first kappa shape index (κ1) is 11.3. The zero-order chi connectivity index (χ0) is 12.4. The molecule has 0 heterocycles. The van der Waals surface area contributed by atoms with E-state index in [9.17, 15) is 5.11 Å². The van der Waals surface area contributed by atoms with Crippen LogP contribution in [0.15, 0.2) is 54.6 Å². The van der Waals surface area contributed by atoms with Crippen molar-refractivity contribution in [1.29, 1.82) is 0 Å². The minimum Gasteiger partial charge on any atom is -0.457 e. The van der Waals surface area contributed by atoms with E-state index in [1.54, 1.807) is 0 Å². The molecule has 1 fully saturated rings. The van der Waals surface area contributed by atoms with Crippen LogP contribution in [-0.4, -0.2) is 5.11 Å². The zero-order valence-electron chi connectivity index (χ0n) is 10.1. The summed E-state index contributed by atoms with van der Waals surface area (Å²) < 4.78 is 5.76. The number of rotatable bonds is 4. The fourth-order valence-electron chi connectivity index (χ4n) is 2.07. The molecule has 0 saturated heterocycles. The third-order valence-corrected chi connectivity index (χ3v) is 3.25. The highest BCUT2D eigenvalue weighted by molar-refractivity contribution is 5.35. The van der Waals surface area contributed by atoms with Crippen LogP contribution in [0.25, 0.3) is 0 Å². The molecular formula is C16H16O2. The summed E-state index contributed by atoms with van der Waals surface area (Å²) in [4.78, 5) is 0. The van der Waals surface area contributed by atoms with E-state index in [4.69, 9.17) is 4.74 Å². The van der Waals surface area contributed by atoms with Crippen LogP contribution < -0.4 is 4.74 Å². The van der Waals surface area contributed by atoms with Crippen molar-refractivity contribution in [3.63, 3.8) is 0 Å². The van der Waals surface area contributed by atoms with Crippen molar-refractivity contribution >= 4 is 0 Å². The number of aliphatic hydroxyl groups is 1. The van der Waals surface area contributed by atoms with E-state index >= 15 is 0 Å². The Labute approximate surface area is 107 Å². The van der Waals surface area contributed by atoms with Crippen molar-refractivity contribution in [2.75, 3.05) is 0 Å². The molecule has 0 aromatic heterocycles. The molecule has 2 heteroatoms. The first-order valence-electron chi connectivity index (χ1n) is 6.34. The highest BCUT2D eigenvalue weighted by Crippen LogP contribution is 2.41. The fraction of sp³-hybridized carbons (Fsp3) is 0.250. The predicted molar refractivity (Wildman–Crippen MR) is 70.6 cm³/mol. The quantitative estimate of drug-likeness (QED) is 0.877. The molecule has 3 rings (SSSR count). The highest BCUT2D eigenvalue weighted by Gasteiger charge is 2.30. The lowest BCUT2D eigenvalue weighted by Crippen LogP contribution is -1.99. The van der Waals surface area contributed by atoms with Gasteiger partial charge in [-0.15, -0.1) is 0 Å². The third-order valence-electron chi connectivity index (χ3n) is 3.25. The predicted octanol–water partition coefficient (Wildman–Crippen LogP) is 3.92. The summed E-state index contributed by atoms with van der Waals surface area (Å²) in [6.45, 7) is 0. The van der Waals surface area contributed by atoms with Crippen LogP contribution in [0, 0.1) is 5.92 Å². The van der Waals surface area contributed by atoms with Gasteiger partial charge in [-0.1, -0.05) is 30.3 Å². The standard InChI is InChI=1S/C16H16O2/c17-16(12-9-10-12)13-5-4-8-15(11-13)18-14-6-2-1-3-7-14/h1-8,11-12,16-17H,9-10H2. The summed E-state index contributed by atoms with van der Waals surface area (Å²) in [5.74, 6) is 2.03. The Balaban J connectivity index is 1.78. The molecule has 1 atom stereocenters. The maximum Gasteiger partial charge on any atom is 0.127 e. The van der Waals surface area contributed by atoms with Crippen LogP contribution >= 0.6 is 0 Å². The minimum atomic E-state index is -0.343. The molecule has 1 aliphatic carbocycles. The summed E-state index contributed by atoms with van der Waals surface area (Å²) >= 11 is 0. The van der Waals surface area contributed by atoms with Crippen LogP contribution in [0.5, 0.6) is 11.5 Å². The van der Waals surface area contributed by atoms with Crippen LogP contribution in [0.3, 0.4) is 0 Å². The van der Waals surface area contributed by atoms with Gasteiger partial charge in [-0.25, -0.2) is 0 Å². The Hall–Kier alpha value is -1.80. The zero-order valence-corrected chi connectivity index (χ0v) is 10.1. The summed E-state index contributed by atoms with van der Waals surface area (Å²) in [5, 5.41) is 10.1. The van der Waals surface area contributed by atoms with Crippen molar-refractivity contribution in [3.8, 4) is 11.5 Å². The lowest BCUT2D eigenvalue weighted by Gasteiger charge is -2.11. The molecule has 0 amide bonds. The highest BCUT2D eigenvalue weighted by atomic mass is 16.5. The molecule has 1 aliphatic rings. The largest absolute Gasteiger partial charge is 0.457 e.